The molecule has 0 heterocycles. The molecular weight excluding hydrogens is 306 g/mol. The van der Waals surface area contributed by atoms with Crippen molar-refractivity contribution in [1.29, 1.82) is 0 Å². The lowest BCUT2D eigenvalue weighted by molar-refractivity contribution is 0.354. The summed E-state index contributed by atoms with van der Waals surface area (Å²) in [6.07, 6.45) is 0. The minimum atomic E-state index is -0.213. The Balaban J connectivity index is 2.45. The fraction of sp³-hybridized carbons (Fsp3) is 0.200. The zero-order valence-electron chi connectivity index (χ0n) is 10.9. The number of hydrogen-bond donors (Lipinski definition) is 1. The van der Waals surface area contributed by atoms with Crippen LogP contribution in [0.25, 0.3) is 0 Å². The van der Waals surface area contributed by atoms with Crippen LogP contribution in [0.1, 0.15) is 17.2 Å². The van der Waals surface area contributed by atoms with Gasteiger partial charge in [0.05, 0.1) is 20.3 Å². The summed E-state index contributed by atoms with van der Waals surface area (Å²) in [6, 6.07) is 13.5. The topological polar surface area (TPSA) is 44.5 Å². The van der Waals surface area contributed by atoms with Gasteiger partial charge >= 0.3 is 0 Å². The van der Waals surface area contributed by atoms with E-state index >= 15 is 0 Å². The third kappa shape index (κ3) is 2.91. The number of rotatable bonds is 4. The molecule has 2 aromatic rings. The van der Waals surface area contributed by atoms with Gasteiger partial charge in [0.1, 0.15) is 0 Å². The zero-order valence-corrected chi connectivity index (χ0v) is 12.5. The highest BCUT2D eigenvalue weighted by Gasteiger charge is 2.16. The molecule has 2 N–H and O–H groups in total. The minimum absolute atomic E-state index is 0.213. The summed E-state index contributed by atoms with van der Waals surface area (Å²) < 4.78 is 11.5. The van der Waals surface area contributed by atoms with Crippen molar-refractivity contribution in [2.75, 3.05) is 14.2 Å². The lowest BCUT2D eigenvalue weighted by atomic mass is 9.99. The second kappa shape index (κ2) is 6.08. The maximum atomic E-state index is 6.31. The highest BCUT2D eigenvalue weighted by atomic mass is 79.9. The molecule has 19 heavy (non-hydrogen) atoms. The molecule has 0 bridgehead atoms. The Morgan fingerprint density at radius 3 is 2.16 bits per heavy atom. The molecule has 4 heteroatoms. The first-order chi connectivity index (χ1) is 9.17. The molecule has 1 unspecified atom stereocenters. The highest BCUT2D eigenvalue weighted by molar-refractivity contribution is 9.10. The van der Waals surface area contributed by atoms with Crippen LogP contribution in [0, 0.1) is 0 Å². The summed E-state index contributed by atoms with van der Waals surface area (Å²) in [6.45, 7) is 0. The fourth-order valence-electron chi connectivity index (χ4n) is 1.95. The van der Waals surface area contributed by atoms with Gasteiger partial charge in [-0.05, 0) is 23.3 Å². The largest absolute Gasteiger partial charge is 0.493 e. The predicted molar refractivity (Wildman–Crippen MR) is 79.7 cm³/mol. The van der Waals surface area contributed by atoms with Gasteiger partial charge in [-0.15, -0.1) is 0 Å². The summed E-state index contributed by atoms with van der Waals surface area (Å²) in [5.74, 6) is 1.35. The van der Waals surface area contributed by atoms with Gasteiger partial charge in [0.15, 0.2) is 11.5 Å². The molecule has 1 atom stereocenters. The Morgan fingerprint density at radius 1 is 1.00 bits per heavy atom. The van der Waals surface area contributed by atoms with Crippen molar-refractivity contribution < 1.29 is 9.47 Å². The van der Waals surface area contributed by atoms with Crippen LogP contribution in [0.15, 0.2) is 46.9 Å². The summed E-state index contributed by atoms with van der Waals surface area (Å²) in [7, 11) is 3.23. The van der Waals surface area contributed by atoms with Crippen LogP contribution in [0.3, 0.4) is 0 Å². The first-order valence-electron chi connectivity index (χ1n) is 5.89. The van der Waals surface area contributed by atoms with Gasteiger partial charge in [-0.2, -0.15) is 0 Å². The van der Waals surface area contributed by atoms with Crippen LogP contribution in [0.2, 0.25) is 0 Å². The lowest BCUT2D eigenvalue weighted by Gasteiger charge is -2.17. The Bertz CT molecular complexity index is 558. The summed E-state index contributed by atoms with van der Waals surface area (Å²) in [5.41, 5.74) is 8.32. The van der Waals surface area contributed by atoms with Gasteiger partial charge in [-0.25, -0.2) is 0 Å². The van der Waals surface area contributed by atoms with E-state index in [2.05, 4.69) is 15.9 Å². The van der Waals surface area contributed by atoms with Crippen molar-refractivity contribution in [3.63, 3.8) is 0 Å². The van der Waals surface area contributed by atoms with E-state index in [9.17, 15) is 0 Å². The molecule has 0 fully saturated rings. The van der Waals surface area contributed by atoms with E-state index in [1.165, 1.54) is 0 Å². The van der Waals surface area contributed by atoms with Crippen LogP contribution in [-0.4, -0.2) is 14.2 Å². The second-order valence-electron chi connectivity index (χ2n) is 4.12. The van der Waals surface area contributed by atoms with Crippen molar-refractivity contribution in [1.82, 2.24) is 0 Å². The Morgan fingerprint density at radius 2 is 1.58 bits per heavy atom. The molecule has 0 amide bonds. The zero-order chi connectivity index (χ0) is 13.8. The Labute approximate surface area is 121 Å². The SMILES string of the molecule is COc1cc(Br)c(C(N)c2ccccc2)cc1OC. The van der Waals surface area contributed by atoms with Crippen molar-refractivity contribution in [2.24, 2.45) is 5.73 Å². The average Bonchev–Trinajstić information content (AvgIpc) is 2.47. The third-order valence-corrected chi connectivity index (χ3v) is 3.68. The number of nitrogens with two attached hydrogens (primary N) is 1. The maximum Gasteiger partial charge on any atom is 0.161 e. The molecule has 0 aromatic heterocycles. The second-order valence-corrected chi connectivity index (χ2v) is 4.97. The third-order valence-electron chi connectivity index (χ3n) is 3.00. The van der Waals surface area contributed by atoms with Crippen molar-refractivity contribution >= 4 is 15.9 Å². The van der Waals surface area contributed by atoms with Crippen molar-refractivity contribution in [3.8, 4) is 11.5 Å². The van der Waals surface area contributed by atoms with Gasteiger partial charge < -0.3 is 15.2 Å². The summed E-state index contributed by atoms with van der Waals surface area (Å²) >= 11 is 3.53. The fourth-order valence-corrected chi connectivity index (χ4v) is 2.52. The van der Waals surface area contributed by atoms with E-state index < -0.39 is 0 Å². The maximum absolute atomic E-state index is 6.31. The summed E-state index contributed by atoms with van der Waals surface area (Å²) in [4.78, 5) is 0. The number of halogens is 1. The molecular formula is C15H16BrNO2. The van der Waals surface area contributed by atoms with Crippen molar-refractivity contribution in [3.05, 3.63) is 58.1 Å². The first kappa shape index (κ1) is 13.9. The van der Waals surface area contributed by atoms with Crippen LogP contribution in [0.4, 0.5) is 0 Å². The Kier molecular flexibility index (Phi) is 4.45. The van der Waals surface area contributed by atoms with Crippen LogP contribution in [-0.2, 0) is 0 Å². The normalized spacial score (nSPS) is 12.0. The number of hydrogen-bond acceptors (Lipinski definition) is 3. The highest BCUT2D eigenvalue weighted by Crippen LogP contribution is 2.37. The molecule has 2 aromatic carbocycles. The van der Waals surface area contributed by atoms with Gasteiger partial charge in [-0.3, -0.25) is 0 Å². The quantitative estimate of drug-likeness (QED) is 0.937. The summed E-state index contributed by atoms with van der Waals surface area (Å²) in [5, 5.41) is 0. The van der Waals surface area contributed by atoms with E-state index in [1.54, 1.807) is 14.2 Å². The van der Waals surface area contributed by atoms with E-state index in [1.807, 2.05) is 42.5 Å². The molecule has 2 rings (SSSR count). The van der Waals surface area contributed by atoms with E-state index in [-0.39, 0.29) is 6.04 Å². The number of methoxy groups -OCH3 is 2. The van der Waals surface area contributed by atoms with E-state index in [0.717, 1.165) is 15.6 Å². The Hall–Kier alpha value is -1.52. The average molecular weight is 322 g/mol. The molecule has 0 saturated carbocycles. The minimum Gasteiger partial charge on any atom is -0.493 e. The molecule has 0 spiro atoms. The van der Waals surface area contributed by atoms with Crippen LogP contribution >= 0.6 is 15.9 Å². The smallest absolute Gasteiger partial charge is 0.161 e. The van der Waals surface area contributed by atoms with Gasteiger partial charge in [0, 0.05) is 4.47 Å². The number of ether oxygens (including phenoxy) is 2. The molecule has 0 radical (unpaired) electrons. The van der Waals surface area contributed by atoms with E-state index in [4.69, 9.17) is 15.2 Å². The van der Waals surface area contributed by atoms with Crippen LogP contribution < -0.4 is 15.2 Å². The predicted octanol–water partition coefficient (Wildman–Crippen LogP) is 3.51. The first-order valence-corrected chi connectivity index (χ1v) is 6.68. The molecule has 0 saturated heterocycles. The van der Waals surface area contributed by atoms with Crippen molar-refractivity contribution in [2.45, 2.75) is 6.04 Å². The molecule has 0 aliphatic carbocycles. The molecule has 0 aliphatic rings. The van der Waals surface area contributed by atoms with Gasteiger partial charge in [-0.1, -0.05) is 46.3 Å². The monoisotopic (exact) mass is 321 g/mol. The molecule has 3 nitrogen and oxygen atoms in total. The number of benzene rings is 2. The lowest BCUT2D eigenvalue weighted by Crippen LogP contribution is -2.12. The molecule has 0 aliphatic heterocycles. The van der Waals surface area contributed by atoms with E-state index in [0.29, 0.717) is 11.5 Å². The standard InChI is InChI=1S/C15H16BrNO2/c1-18-13-8-11(12(16)9-14(13)19-2)15(17)10-6-4-3-5-7-10/h3-9,15H,17H2,1-2H3. The molecule has 100 valence electrons. The van der Waals surface area contributed by atoms with Gasteiger partial charge in [0.2, 0.25) is 0 Å². The van der Waals surface area contributed by atoms with Crippen LogP contribution in [0.5, 0.6) is 11.5 Å². The van der Waals surface area contributed by atoms with Gasteiger partial charge in [0.25, 0.3) is 0 Å².